The molecule has 16 heavy (non-hydrogen) atoms. The number of carboxylic acid groups (broad SMARTS) is 1. The second-order valence-corrected chi connectivity index (χ2v) is 3.30. The molecule has 4 N–H and O–H groups in total. The fraction of sp³-hybridized carbons (Fsp3) is 0.778. The lowest BCUT2D eigenvalue weighted by molar-refractivity contribution is -0.139. The SMILES string of the molecule is COC(C)CNC(=O)N[C@H](CCO)C(=O)O. The van der Waals surface area contributed by atoms with Crippen LogP contribution in [-0.4, -0.2) is 54.6 Å². The van der Waals surface area contributed by atoms with E-state index in [9.17, 15) is 9.59 Å². The summed E-state index contributed by atoms with van der Waals surface area (Å²) in [5, 5.41) is 22.0. The van der Waals surface area contributed by atoms with Crippen LogP contribution >= 0.6 is 0 Å². The van der Waals surface area contributed by atoms with Gasteiger partial charge >= 0.3 is 12.0 Å². The molecule has 0 saturated heterocycles. The zero-order chi connectivity index (χ0) is 12.6. The molecule has 0 aliphatic heterocycles. The first kappa shape index (κ1) is 14.7. The Bertz CT molecular complexity index is 234. The number of carbonyl (C=O) groups excluding carboxylic acids is 1. The van der Waals surface area contributed by atoms with Crippen molar-refractivity contribution in [2.45, 2.75) is 25.5 Å². The lowest BCUT2D eigenvalue weighted by Crippen LogP contribution is -2.47. The molecule has 0 radical (unpaired) electrons. The van der Waals surface area contributed by atoms with E-state index in [1.54, 1.807) is 6.92 Å². The summed E-state index contributed by atoms with van der Waals surface area (Å²) in [6.07, 6.45) is -0.172. The molecule has 2 atom stereocenters. The number of hydrogen-bond acceptors (Lipinski definition) is 4. The normalized spacial score (nSPS) is 13.9. The van der Waals surface area contributed by atoms with Crippen LogP contribution in [0.4, 0.5) is 4.79 Å². The second-order valence-electron chi connectivity index (χ2n) is 3.30. The van der Waals surface area contributed by atoms with Crippen molar-refractivity contribution in [2.24, 2.45) is 0 Å². The van der Waals surface area contributed by atoms with Crippen molar-refractivity contribution >= 4 is 12.0 Å². The lowest BCUT2D eigenvalue weighted by Gasteiger charge is -2.15. The highest BCUT2D eigenvalue weighted by molar-refractivity contribution is 5.82. The molecule has 1 unspecified atom stereocenters. The average molecular weight is 234 g/mol. The fourth-order valence-corrected chi connectivity index (χ4v) is 0.916. The van der Waals surface area contributed by atoms with Crippen LogP contribution in [0.2, 0.25) is 0 Å². The number of aliphatic hydroxyl groups is 1. The third kappa shape index (κ3) is 6.20. The minimum Gasteiger partial charge on any atom is -0.480 e. The molecule has 0 rings (SSSR count). The summed E-state index contributed by atoms with van der Waals surface area (Å²) >= 11 is 0. The maximum atomic E-state index is 11.2. The van der Waals surface area contributed by atoms with Crippen LogP contribution in [0.3, 0.4) is 0 Å². The Morgan fingerprint density at radius 1 is 1.44 bits per heavy atom. The zero-order valence-electron chi connectivity index (χ0n) is 9.40. The van der Waals surface area contributed by atoms with Gasteiger partial charge in [0.25, 0.3) is 0 Å². The molecule has 0 heterocycles. The second kappa shape index (κ2) is 7.89. The quantitative estimate of drug-likeness (QED) is 0.459. The predicted octanol–water partition coefficient (Wildman–Crippen LogP) is -0.844. The van der Waals surface area contributed by atoms with Gasteiger partial charge in [-0.15, -0.1) is 0 Å². The van der Waals surface area contributed by atoms with E-state index in [4.69, 9.17) is 14.9 Å². The summed E-state index contributed by atoms with van der Waals surface area (Å²) in [5.41, 5.74) is 0. The van der Waals surface area contributed by atoms with Gasteiger partial charge in [-0.2, -0.15) is 0 Å². The van der Waals surface area contributed by atoms with Gasteiger partial charge in [-0.25, -0.2) is 9.59 Å². The fourth-order valence-electron chi connectivity index (χ4n) is 0.916. The van der Waals surface area contributed by atoms with Crippen molar-refractivity contribution in [3.05, 3.63) is 0 Å². The highest BCUT2D eigenvalue weighted by atomic mass is 16.5. The number of amides is 2. The molecule has 0 aliphatic rings. The van der Waals surface area contributed by atoms with E-state index < -0.39 is 18.0 Å². The first-order chi connectivity index (χ1) is 7.51. The van der Waals surface area contributed by atoms with Crippen LogP contribution in [-0.2, 0) is 9.53 Å². The molecule has 2 amide bonds. The van der Waals surface area contributed by atoms with Crippen molar-refractivity contribution in [3.8, 4) is 0 Å². The van der Waals surface area contributed by atoms with Crippen molar-refractivity contribution in [2.75, 3.05) is 20.3 Å². The number of nitrogens with one attached hydrogen (secondary N) is 2. The first-order valence-electron chi connectivity index (χ1n) is 4.92. The van der Waals surface area contributed by atoms with Crippen LogP contribution in [0.1, 0.15) is 13.3 Å². The Morgan fingerprint density at radius 2 is 2.06 bits per heavy atom. The van der Waals surface area contributed by atoms with Crippen LogP contribution in [0.25, 0.3) is 0 Å². The van der Waals surface area contributed by atoms with E-state index in [1.165, 1.54) is 7.11 Å². The zero-order valence-corrected chi connectivity index (χ0v) is 9.40. The number of carbonyl (C=O) groups is 2. The molecule has 0 spiro atoms. The Morgan fingerprint density at radius 3 is 2.50 bits per heavy atom. The lowest BCUT2D eigenvalue weighted by atomic mass is 10.2. The van der Waals surface area contributed by atoms with Gasteiger partial charge in [0.15, 0.2) is 0 Å². The smallest absolute Gasteiger partial charge is 0.326 e. The maximum absolute atomic E-state index is 11.2. The van der Waals surface area contributed by atoms with Crippen molar-refractivity contribution in [3.63, 3.8) is 0 Å². The molecule has 0 saturated carbocycles. The van der Waals surface area contributed by atoms with Crippen LogP contribution in [0.15, 0.2) is 0 Å². The summed E-state index contributed by atoms with van der Waals surface area (Å²) in [7, 11) is 1.51. The maximum Gasteiger partial charge on any atom is 0.326 e. The highest BCUT2D eigenvalue weighted by Gasteiger charge is 2.18. The molecule has 0 aliphatic carbocycles. The predicted molar refractivity (Wildman–Crippen MR) is 56.1 cm³/mol. The molecular weight excluding hydrogens is 216 g/mol. The van der Waals surface area contributed by atoms with E-state index in [1.807, 2.05) is 0 Å². The molecule has 94 valence electrons. The van der Waals surface area contributed by atoms with E-state index in [-0.39, 0.29) is 25.7 Å². The molecule has 0 aromatic heterocycles. The van der Waals surface area contributed by atoms with E-state index in [0.717, 1.165) is 0 Å². The van der Waals surface area contributed by atoms with Crippen LogP contribution in [0, 0.1) is 0 Å². The molecule has 0 aromatic carbocycles. The number of carboxylic acids is 1. The molecule has 0 bridgehead atoms. The number of aliphatic carboxylic acids is 1. The summed E-state index contributed by atoms with van der Waals surface area (Å²) in [6, 6.07) is -1.67. The number of hydrogen-bond donors (Lipinski definition) is 4. The molecule has 7 heteroatoms. The summed E-state index contributed by atoms with van der Waals surface area (Å²) in [5.74, 6) is -1.18. The number of rotatable bonds is 7. The van der Waals surface area contributed by atoms with Gasteiger partial charge in [0.05, 0.1) is 6.10 Å². The number of aliphatic hydroxyl groups excluding tert-OH is 1. The van der Waals surface area contributed by atoms with E-state index in [2.05, 4.69) is 10.6 Å². The van der Waals surface area contributed by atoms with Gasteiger partial charge in [-0.3, -0.25) is 0 Å². The topological polar surface area (TPSA) is 108 Å². The van der Waals surface area contributed by atoms with Gasteiger partial charge in [-0.05, 0) is 6.92 Å². The summed E-state index contributed by atoms with van der Waals surface area (Å²) in [4.78, 5) is 21.9. The minimum atomic E-state index is -1.18. The molecule has 0 aromatic rings. The number of ether oxygens (including phenoxy) is 1. The number of urea groups is 1. The standard InChI is InChI=1S/C9H18N2O5/c1-6(16-2)5-10-9(15)11-7(3-4-12)8(13)14/h6-7,12H,3-5H2,1-2H3,(H,13,14)(H2,10,11,15)/t6?,7-/m1/s1. The van der Waals surface area contributed by atoms with Crippen molar-refractivity contribution in [1.29, 1.82) is 0 Å². The third-order valence-corrected chi connectivity index (χ3v) is 1.97. The Balaban J connectivity index is 3.95. The van der Waals surface area contributed by atoms with E-state index in [0.29, 0.717) is 0 Å². The van der Waals surface area contributed by atoms with Gasteiger partial charge in [0, 0.05) is 26.7 Å². The molecule has 0 fully saturated rings. The van der Waals surface area contributed by atoms with Gasteiger partial charge < -0.3 is 25.6 Å². The minimum absolute atomic E-state index is 0.0252. The third-order valence-electron chi connectivity index (χ3n) is 1.97. The Hall–Kier alpha value is -1.34. The van der Waals surface area contributed by atoms with Crippen LogP contribution in [0.5, 0.6) is 0 Å². The highest BCUT2D eigenvalue weighted by Crippen LogP contribution is 1.91. The van der Waals surface area contributed by atoms with Crippen LogP contribution < -0.4 is 10.6 Å². The molecular formula is C9H18N2O5. The van der Waals surface area contributed by atoms with Gasteiger partial charge in [0.1, 0.15) is 6.04 Å². The van der Waals surface area contributed by atoms with Crippen molar-refractivity contribution < 1.29 is 24.5 Å². The van der Waals surface area contributed by atoms with Gasteiger partial charge in [-0.1, -0.05) is 0 Å². The van der Waals surface area contributed by atoms with E-state index >= 15 is 0 Å². The summed E-state index contributed by atoms with van der Waals surface area (Å²) in [6.45, 7) is 1.75. The Kier molecular flexibility index (Phi) is 7.23. The van der Waals surface area contributed by atoms with Gasteiger partial charge in [0.2, 0.25) is 0 Å². The average Bonchev–Trinajstić information content (AvgIpc) is 2.25. The molecule has 7 nitrogen and oxygen atoms in total. The Labute approximate surface area is 93.8 Å². The monoisotopic (exact) mass is 234 g/mol. The first-order valence-corrected chi connectivity index (χ1v) is 4.92. The summed E-state index contributed by atoms with van der Waals surface area (Å²) < 4.78 is 4.90. The largest absolute Gasteiger partial charge is 0.480 e. The van der Waals surface area contributed by atoms with Crippen molar-refractivity contribution in [1.82, 2.24) is 10.6 Å². The number of methoxy groups -OCH3 is 1.